The molecule has 1 saturated heterocycles. The van der Waals surface area contributed by atoms with Crippen LogP contribution in [0, 0.1) is 0 Å². The van der Waals surface area contributed by atoms with Gasteiger partial charge in [-0.05, 0) is 18.5 Å². The molecule has 2 heterocycles. The van der Waals surface area contributed by atoms with Crippen LogP contribution >= 0.6 is 0 Å². The lowest BCUT2D eigenvalue weighted by Crippen LogP contribution is -2.40. The van der Waals surface area contributed by atoms with Crippen LogP contribution in [0.5, 0.6) is 0 Å². The third kappa shape index (κ3) is 4.79. The summed E-state index contributed by atoms with van der Waals surface area (Å²) in [6.45, 7) is 12.4. The van der Waals surface area contributed by atoms with E-state index in [0.29, 0.717) is 6.67 Å². The molecule has 0 bridgehead atoms. The Hall–Kier alpha value is -1.55. The van der Waals surface area contributed by atoms with Crippen molar-refractivity contribution in [2.75, 3.05) is 32.8 Å². The van der Waals surface area contributed by atoms with E-state index in [4.69, 9.17) is 0 Å². The fourth-order valence-corrected chi connectivity index (χ4v) is 1.38. The summed E-state index contributed by atoms with van der Waals surface area (Å²) in [5, 5.41) is 3.26. The average molecular weight is 220 g/mol. The predicted molar refractivity (Wildman–Crippen MR) is 69.2 cm³/mol. The van der Waals surface area contributed by atoms with E-state index < -0.39 is 0 Å². The number of hydrogen-bond donors (Lipinski definition) is 1. The van der Waals surface area contributed by atoms with Gasteiger partial charge in [0.05, 0.1) is 0 Å². The van der Waals surface area contributed by atoms with Crippen LogP contribution in [0.2, 0.25) is 0 Å². The standard InChI is InChI=1S/C6H12N2.C6H8N2/c1-2-8-5-3-7-4-6-8;1-2-8-5-3-4-7-6-8/h2,7H,1,3-6H2;2-5H,1,6H2. The molecule has 1 fully saturated rings. The van der Waals surface area contributed by atoms with Crippen molar-refractivity contribution in [2.24, 2.45) is 4.99 Å². The van der Waals surface area contributed by atoms with Gasteiger partial charge in [0.15, 0.2) is 0 Å². The molecule has 0 aromatic rings. The van der Waals surface area contributed by atoms with E-state index in [0.717, 1.165) is 26.2 Å². The molecule has 0 aliphatic carbocycles. The predicted octanol–water partition coefficient (Wildman–Crippen LogP) is 1.02. The molecule has 4 heteroatoms. The van der Waals surface area contributed by atoms with Crippen molar-refractivity contribution >= 4 is 6.21 Å². The lowest BCUT2D eigenvalue weighted by Gasteiger charge is -2.24. The summed E-state index contributed by atoms with van der Waals surface area (Å²) < 4.78 is 0. The van der Waals surface area contributed by atoms with E-state index >= 15 is 0 Å². The molecule has 0 atom stereocenters. The second-order valence-corrected chi connectivity index (χ2v) is 3.48. The maximum Gasteiger partial charge on any atom is 0.113 e. The molecule has 0 saturated carbocycles. The SMILES string of the molecule is C=CN1C=CC=NC1.C=CN1CCNCC1. The molecule has 16 heavy (non-hydrogen) atoms. The molecule has 2 aliphatic rings. The highest BCUT2D eigenvalue weighted by atomic mass is 15.2. The number of aliphatic imine (C=N–C) groups is 1. The molecule has 88 valence electrons. The van der Waals surface area contributed by atoms with Gasteiger partial charge in [-0.1, -0.05) is 13.2 Å². The minimum atomic E-state index is 0.708. The van der Waals surface area contributed by atoms with Crippen LogP contribution in [0.1, 0.15) is 0 Å². The van der Waals surface area contributed by atoms with E-state index in [9.17, 15) is 0 Å². The molecular weight excluding hydrogens is 200 g/mol. The third-order valence-corrected chi connectivity index (χ3v) is 2.36. The molecule has 2 aliphatic heterocycles. The first-order chi connectivity index (χ1) is 7.86. The van der Waals surface area contributed by atoms with E-state index in [1.165, 1.54) is 0 Å². The van der Waals surface area contributed by atoms with Gasteiger partial charge in [0, 0.05) is 38.6 Å². The number of nitrogens with zero attached hydrogens (tertiary/aromatic N) is 3. The summed E-state index contributed by atoms with van der Waals surface area (Å²) in [5.74, 6) is 0. The smallest absolute Gasteiger partial charge is 0.113 e. The number of nitrogens with one attached hydrogen (secondary N) is 1. The van der Waals surface area contributed by atoms with Gasteiger partial charge in [0.2, 0.25) is 0 Å². The van der Waals surface area contributed by atoms with E-state index in [1.54, 1.807) is 12.4 Å². The molecule has 0 unspecified atom stereocenters. The van der Waals surface area contributed by atoms with Gasteiger partial charge in [-0.3, -0.25) is 4.99 Å². The summed E-state index contributed by atoms with van der Waals surface area (Å²) in [6, 6.07) is 0. The topological polar surface area (TPSA) is 30.9 Å². The monoisotopic (exact) mass is 220 g/mol. The highest BCUT2D eigenvalue weighted by molar-refractivity contribution is 5.71. The largest absolute Gasteiger partial charge is 0.375 e. The van der Waals surface area contributed by atoms with Crippen molar-refractivity contribution in [3.63, 3.8) is 0 Å². The second-order valence-electron chi connectivity index (χ2n) is 3.48. The summed E-state index contributed by atoms with van der Waals surface area (Å²) in [7, 11) is 0. The lowest BCUT2D eigenvalue weighted by molar-refractivity contribution is 0.325. The van der Waals surface area contributed by atoms with Crippen LogP contribution < -0.4 is 5.32 Å². The van der Waals surface area contributed by atoms with Crippen LogP contribution in [-0.2, 0) is 0 Å². The van der Waals surface area contributed by atoms with E-state index in [-0.39, 0.29) is 0 Å². The zero-order valence-corrected chi connectivity index (χ0v) is 9.68. The minimum absolute atomic E-state index is 0.708. The lowest BCUT2D eigenvalue weighted by atomic mass is 10.4. The summed E-state index contributed by atoms with van der Waals surface area (Å²) >= 11 is 0. The molecule has 0 radical (unpaired) electrons. The van der Waals surface area contributed by atoms with Gasteiger partial charge in [0.25, 0.3) is 0 Å². The fourth-order valence-electron chi connectivity index (χ4n) is 1.38. The van der Waals surface area contributed by atoms with Crippen molar-refractivity contribution in [2.45, 2.75) is 0 Å². The maximum atomic E-state index is 3.97. The zero-order chi connectivity index (χ0) is 11.6. The highest BCUT2D eigenvalue weighted by Gasteiger charge is 2.01. The highest BCUT2D eigenvalue weighted by Crippen LogP contribution is 1.93. The Balaban J connectivity index is 0.000000160. The first-order valence-corrected chi connectivity index (χ1v) is 5.49. The zero-order valence-electron chi connectivity index (χ0n) is 9.68. The normalized spacial score (nSPS) is 18.8. The molecule has 2 rings (SSSR count). The summed E-state index contributed by atoms with van der Waals surface area (Å²) in [6.07, 6.45) is 9.24. The van der Waals surface area contributed by atoms with Gasteiger partial charge >= 0.3 is 0 Å². The Morgan fingerprint density at radius 3 is 2.31 bits per heavy atom. The van der Waals surface area contributed by atoms with E-state index in [2.05, 4.69) is 28.4 Å². The molecule has 0 spiro atoms. The van der Waals surface area contributed by atoms with Crippen LogP contribution in [0.3, 0.4) is 0 Å². The molecular formula is C12H20N4. The molecule has 1 N–H and O–H groups in total. The number of piperazine rings is 1. The van der Waals surface area contributed by atoms with Crippen molar-refractivity contribution in [1.29, 1.82) is 0 Å². The van der Waals surface area contributed by atoms with Crippen LogP contribution in [0.25, 0.3) is 0 Å². The Morgan fingerprint density at radius 2 is 1.94 bits per heavy atom. The third-order valence-electron chi connectivity index (χ3n) is 2.36. The van der Waals surface area contributed by atoms with Crippen molar-refractivity contribution in [1.82, 2.24) is 15.1 Å². The van der Waals surface area contributed by atoms with Crippen molar-refractivity contribution in [3.05, 3.63) is 37.8 Å². The van der Waals surface area contributed by atoms with Gasteiger partial charge in [0.1, 0.15) is 6.67 Å². The number of allylic oxidation sites excluding steroid dienone is 1. The Bertz CT molecular complexity index is 264. The first kappa shape index (κ1) is 12.5. The Kier molecular flexibility index (Phi) is 6.03. The molecule has 0 aromatic carbocycles. The van der Waals surface area contributed by atoms with Gasteiger partial charge in [-0.15, -0.1) is 0 Å². The Morgan fingerprint density at radius 1 is 1.19 bits per heavy atom. The van der Waals surface area contributed by atoms with Crippen LogP contribution in [-0.4, -0.2) is 48.9 Å². The Labute approximate surface area is 97.6 Å². The van der Waals surface area contributed by atoms with Crippen molar-refractivity contribution < 1.29 is 0 Å². The van der Waals surface area contributed by atoms with E-state index in [1.807, 2.05) is 23.4 Å². The van der Waals surface area contributed by atoms with Gasteiger partial charge < -0.3 is 15.1 Å². The maximum absolute atomic E-state index is 3.97. The molecule has 0 amide bonds. The minimum Gasteiger partial charge on any atom is -0.375 e. The number of rotatable bonds is 2. The van der Waals surface area contributed by atoms with Gasteiger partial charge in [-0.2, -0.15) is 0 Å². The van der Waals surface area contributed by atoms with Crippen LogP contribution in [0.15, 0.2) is 42.8 Å². The van der Waals surface area contributed by atoms with Crippen LogP contribution in [0.4, 0.5) is 0 Å². The summed E-state index contributed by atoms with van der Waals surface area (Å²) in [4.78, 5) is 8.09. The fraction of sp³-hybridized carbons (Fsp3) is 0.417. The average Bonchev–Trinajstić information content (AvgIpc) is 2.41. The number of hydrogen-bond acceptors (Lipinski definition) is 4. The molecule has 4 nitrogen and oxygen atoms in total. The van der Waals surface area contributed by atoms with Crippen molar-refractivity contribution in [3.8, 4) is 0 Å². The quantitative estimate of drug-likeness (QED) is 0.754. The first-order valence-electron chi connectivity index (χ1n) is 5.49. The second kappa shape index (κ2) is 7.70. The summed E-state index contributed by atoms with van der Waals surface area (Å²) in [5.41, 5.74) is 0. The molecule has 0 aromatic heterocycles. The van der Waals surface area contributed by atoms with Gasteiger partial charge in [-0.25, -0.2) is 0 Å².